The number of carbonyl (C=O) groups is 1. The van der Waals surface area contributed by atoms with Crippen molar-refractivity contribution < 1.29 is 9.32 Å². The first-order valence-electron chi connectivity index (χ1n) is 7.40. The molecule has 0 aliphatic heterocycles. The Morgan fingerprint density at radius 3 is 2.68 bits per heavy atom. The van der Waals surface area contributed by atoms with Crippen molar-refractivity contribution in [1.82, 2.24) is 15.0 Å². The fourth-order valence-electron chi connectivity index (χ4n) is 2.19. The zero-order valence-corrected chi connectivity index (χ0v) is 16.4. The number of carbonyl (C=O) groups excluding carboxylic acids is 1. The number of rotatable bonds is 5. The quantitative estimate of drug-likeness (QED) is 0.650. The van der Waals surface area contributed by atoms with Crippen molar-refractivity contribution in [3.8, 4) is 0 Å². The molecule has 9 heteroatoms. The Labute approximate surface area is 160 Å². The molecule has 0 aliphatic carbocycles. The first-order valence-corrected chi connectivity index (χ1v) is 8.59. The van der Waals surface area contributed by atoms with Gasteiger partial charge in [-0.25, -0.2) is 4.98 Å². The van der Waals surface area contributed by atoms with Crippen LogP contribution >= 0.6 is 35.3 Å². The van der Waals surface area contributed by atoms with E-state index in [0.29, 0.717) is 29.0 Å². The summed E-state index contributed by atoms with van der Waals surface area (Å²) >= 11 is 7.47. The van der Waals surface area contributed by atoms with E-state index in [1.54, 1.807) is 24.0 Å². The molecule has 2 aromatic heterocycles. The molecular weight excluding hydrogens is 383 g/mol. The van der Waals surface area contributed by atoms with Gasteiger partial charge in [0.15, 0.2) is 10.8 Å². The fraction of sp³-hybridized carbons (Fsp3) is 0.312. The summed E-state index contributed by atoms with van der Waals surface area (Å²) in [6.07, 6.45) is 0. The Balaban J connectivity index is 0.00000225. The largest absolute Gasteiger partial charge is 0.361 e. The van der Waals surface area contributed by atoms with Gasteiger partial charge in [-0.05, 0) is 39.2 Å². The van der Waals surface area contributed by atoms with Crippen molar-refractivity contribution >= 4 is 56.6 Å². The number of fused-ring (bicyclic) bond motifs is 1. The lowest BCUT2D eigenvalue weighted by Crippen LogP contribution is -2.36. The molecule has 134 valence electrons. The number of amides is 1. The van der Waals surface area contributed by atoms with Crippen LogP contribution < -0.4 is 4.90 Å². The van der Waals surface area contributed by atoms with E-state index in [2.05, 4.69) is 10.1 Å². The lowest BCUT2D eigenvalue weighted by molar-refractivity contribution is 0.0976. The number of benzene rings is 1. The number of hydrogen-bond acceptors (Lipinski definition) is 6. The first-order chi connectivity index (χ1) is 11.4. The highest BCUT2D eigenvalue weighted by atomic mass is 35.5. The van der Waals surface area contributed by atoms with Gasteiger partial charge < -0.3 is 9.42 Å². The third-order valence-electron chi connectivity index (χ3n) is 3.43. The van der Waals surface area contributed by atoms with Gasteiger partial charge in [0.25, 0.3) is 5.91 Å². The van der Waals surface area contributed by atoms with Crippen LogP contribution in [0.15, 0.2) is 28.8 Å². The molecule has 0 atom stereocenters. The Morgan fingerprint density at radius 1 is 1.28 bits per heavy atom. The highest BCUT2D eigenvalue weighted by molar-refractivity contribution is 7.22. The van der Waals surface area contributed by atoms with E-state index in [1.807, 2.05) is 31.1 Å². The van der Waals surface area contributed by atoms with E-state index < -0.39 is 0 Å². The number of aryl methyl sites for hydroxylation is 1. The summed E-state index contributed by atoms with van der Waals surface area (Å²) < 4.78 is 5.97. The van der Waals surface area contributed by atoms with E-state index >= 15 is 0 Å². The summed E-state index contributed by atoms with van der Waals surface area (Å²) in [6, 6.07) is 7.13. The standard InChI is InChI=1S/C16H17ClN4O2S.ClH/c1-10-8-13(19-23-10)15(22)21(7-6-20(2)3)16-18-12-5-4-11(17)9-14(12)24-16;/h4-5,8-9H,6-7H2,1-3H3;1H. The molecule has 0 unspecified atom stereocenters. The second kappa shape index (κ2) is 8.14. The number of hydrogen-bond donors (Lipinski definition) is 0. The Hall–Kier alpha value is -1.67. The molecular formula is C16H18Cl2N4O2S. The minimum atomic E-state index is -0.223. The number of anilines is 1. The molecule has 2 heterocycles. The van der Waals surface area contributed by atoms with Crippen molar-refractivity contribution in [2.75, 3.05) is 32.1 Å². The Kier molecular flexibility index (Phi) is 6.40. The molecule has 3 rings (SSSR count). The summed E-state index contributed by atoms with van der Waals surface area (Å²) in [5.41, 5.74) is 1.10. The number of halogens is 2. The highest BCUT2D eigenvalue weighted by Gasteiger charge is 2.24. The molecule has 0 spiro atoms. The SMILES string of the molecule is Cc1cc(C(=O)N(CCN(C)C)c2nc3ccc(Cl)cc3s2)no1.Cl. The van der Waals surface area contributed by atoms with Crippen LogP contribution in [0.2, 0.25) is 5.02 Å². The van der Waals surface area contributed by atoms with E-state index in [-0.39, 0.29) is 24.0 Å². The molecule has 0 bridgehead atoms. The topological polar surface area (TPSA) is 62.5 Å². The molecule has 0 fully saturated rings. The molecule has 1 aromatic carbocycles. The van der Waals surface area contributed by atoms with Crippen LogP contribution in [-0.2, 0) is 0 Å². The van der Waals surface area contributed by atoms with Crippen molar-refractivity contribution in [2.45, 2.75) is 6.92 Å². The van der Waals surface area contributed by atoms with Gasteiger partial charge in [0.05, 0.1) is 10.2 Å². The zero-order valence-electron chi connectivity index (χ0n) is 14.0. The molecule has 3 aromatic rings. The van der Waals surface area contributed by atoms with Crippen LogP contribution in [0.4, 0.5) is 5.13 Å². The Morgan fingerprint density at radius 2 is 2.04 bits per heavy atom. The van der Waals surface area contributed by atoms with Crippen LogP contribution in [-0.4, -0.2) is 48.1 Å². The van der Waals surface area contributed by atoms with Crippen molar-refractivity contribution in [3.63, 3.8) is 0 Å². The smallest absolute Gasteiger partial charge is 0.282 e. The first kappa shape index (κ1) is 19.7. The highest BCUT2D eigenvalue weighted by Crippen LogP contribution is 2.31. The second-order valence-electron chi connectivity index (χ2n) is 5.69. The summed E-state index contributed by atoms with van der Waals surface area (Å²) in [4.78, 5) is 21.1. The van der Waals surface area contributed by atoms with E-state index in [4.69, 9.17) is 16.1 Å². The Bertz CT molecular complexity index is 878. The van der Waals surface area contributed by atoms with Gasteiger partial charge in [-0.3, -0.25) is 9.69 Å². The summed E-state index contributed by atoms with van der Waals surface area (Å²) in [7, 11) is 3.92. The van der Waals surface area contributed by atoms with Gasteiger partial charge >= 0.3 is 0 Å². The maximum atomic E-state index is 12.8. The summed E-state index contributed by atoms with van der Waals surface area (Å²) in [6.45, 7) is 2.97. The number of aromatic nitrogens is 2. The maximum absolute atomic E-state index is 12.8. The fourth-order valence-corrected chi connectivity index (χ4v) is 3.46. The van der Waals surface area contributed by atoms with E-state index in [1.165, 1.54) is 11.3 Å². The van der Waals surface area contributed by atoms with Crippen LogP contribution in [0, 0.1) is 6.92 Å². The average Bonchev–Trinajstić information content (AvgIpc) is 3.12. The van der Waals surface area contributed by atoms with Crippen molar-refractivity contribution in [2.24, 2.45) is 0 Å². The minimum absolute atomic E-state index is 0. The maximum Gasteiger partial charge on any atom is 0.282 e. The summed E-state index contributed by atoms with van der Waals surface area (Å²) in [5, 5.41) is 5.11. The molecule has 0 N–H and O–H groups in total. The van der Waals surface area contributed by atoms with E-state index in [0.717, 1.165) is 10.2 Å². The lowest BCUT2D eigenvalue weighted by Gasteiger charge is -2.20. The molecule has 0 saturated heterocycles. The van der Waals surface area contributed by atoms with Gasteiger partial charge in [0.2, 0.25) is 0 Å². The molecule has 1 amide bonds. The molecule has 25 heavy (non-hydrogen) atoms. The molecule has 0 aliphatic rings. The monoisotopic (exact) mass is 400 g/mol. The van der Waals surface area contributed by atoms with Gasteiger partial charge in [0.1, 0.15) is 5.76 Å². The predicted octanol–water partition coefficient (Wildman–Crippen LogP) is 3.88. The van der Waals surface area contributed by atoms with Crippen LogP contribution in [0.25, 0.3) is 10.2 Å². The van der Waals surface area contributed by atoms with Crippen LogP contribution in [0.1, 0.15) is 16.2 Å². The van der Waals surface area contributed by atoms with Crippen molar-refractivity contribution in [1.29, 1.82) is 0 Å². The number of likely N-dealkylation sites (N-methyl/N-ethyl adjacent to an activating group) is 1. The van der Waals surface area contributed by atoms with Crippen molar-refractivity contribution in [3.05, 3.63) is 40.7 Å². The van der Waals surface area contributed by atoms with Gasteiger partial charge in [-0.2, -0.15) is 0 Å². The number of thiazole rings is 1. The molecule has 0 saturated carbocycles. The van der Waals surface area contributed by atoms with E-state index in [9.17, 15) is 4.79 Å². The lowest BCUT2D eigenvalue weighted by atomic mass is 10.3. The third kappa shape index (κ3) is 4.49. The predicted molar refractivity (Wildman–Crippen MR) is 103 cm³/mol. The van der Waals surface area contributed by atoms with Crippen LogP contribution in [0.5, 0.6) is 0 Å². The average molecular weight is 401 g/mol. The third-order valence-corrected chi connectivity index (χ3v) is 4.71. The summed E-state index contributed by atoms with van der Waals surface area (Å²) in [5.74, 6) is 0.376. The van der Waals surface area contributed by atoms with Gasteiger partial charge in [0, 0.05) is 24.2 Å². The number of nitrogens with zero attached hydrogens (tertiary/aromatic N) is 4. The van der Waals surface area contributed by atoms with Crippen LogP contribution in [0.3, 0.4) is 0 Å². The van der Waals surface area contributed by atoms with Gasteiger partial charge in [-0.1, -0.05) is 28.1 Å². The second-order valence-corrected chi connectivity index (χ2v) is 7.14. The normalized spacial score (nSPS) is 10.9. The van der Waals surface area contributed by atoms with Gasteiger partial charge in [-0.15, -0.1) is 12.4 Å². The zero-order chi connectivity index (χ0) is 17.3. The molecule has 0 radical (unpaired) electrons. The molecule has 6 nitrogen and oxygen atoms in total. The minimum Gasteiger partial charge on any atom is -0.361 e.